The van der Waals surface area contributed by atoms with Crippen molar-refractivity contribution >= 4 is 21.7 Å². The number of pyridine rings is 1. The average molecular weight is 595 g/mol. The van der Waals surface area contributed by atoms with Gasteiger partial charge in [-0.15, -0.1) is 0 Å². The summed E-state index contributed by atoms with van der Waals surface area (Å²) in [6, 6.07) is 4.40. The Labute approximate surface area is 223 Å². The maximum atomic E-state index is 14.8. The first-order chi connectivity index (χ1) is 18.8. The molecule has 0 spiro atoms. The number of hydrogen-bond donors (Lipinski definition) is 3. The summed E-state index contributed by atoms with van der Waals surface area (Å²) in [7, 11) is -4.88. The molecule has 0 amide bonds. The molecular weight excluding hydrogens is 573 g/mol. The summed E-state index contributed by atoms with van der Waals surface area (Å²) in [5, 5.41) is 5.92. The molecule has 3 N–H and O–H groups in total. The number of anilines is 2. The van der Waals surface area contributed by atoms with Gasteiger partial charge in [-0.05, 0) is 18.2 Å². The number of benzene rings is 1. The van der Waals surface area contributed by atoms with E-state index in [0.29, 0.717) is 12.6 Å². The first-order valence-corrected chi connectivity index (χ1v) is 13.3. The van der Waals surface area contributed by atoms with Gasteiger partial charge in [0.2, 0.25) is 27.7 Å². The van der Waals surface area contributed by atoms with Crippen LogP contribution in [0.5, 0.6) is 11.6 Å². The van der Waals surface area contributed by atoms with E-state index in [0.717, 1.165) is 0 Å². The Morgan fingerprint density at radius 2 is 1.85 bits per heavy atom. The minimum absolute atomic E-state index is 0.138. The lowest BCUT2D eigenvalue weighted by Gasteiger charge is -2.26. The van der Waals surface area contributed by atoms with Crippen molar-refractivity contribution in [1.29, 1.82) is 0 Å². The molecular formula is C23H21F7N6O3S. The van der Waals surface area contributed by atoms with Crippen LogP contribution in [0.4, 0.5) is 42.4 Å². The van der Waals surface area contributed by atoms with Crippen LogP contribution in [0, 0.1) is 17.5 Å². The molecule has 1 aliphatic heterocycles. The van der Waals surface area contributed by atoms with Crippen molar-refractivity contribution in [2.24, 2.45) is 0 Å². The fourth-order valence-electron chi connectivity index (χ4n) is 3.73. The molecule has 1 aliphatic rings. The predicted molar refractivity (Wildman–Crippen MR) is 130 cm³/mol. The summed E-state index contributed by atoms with van der Waals surface area (Å²) in [6.45, 7) is 0.707. The van der Waals surface area contributed by atoms with Crippen LogP contribution >= 0.6 is 0 Å². The van der Waals surface area contributed by atoms with Gasteiger partial charge < -0.3 is 15.4 Å². The highest BCUT2D eigenvalue weighted by atomic mass is 32.2. The molecule has 0 saturated carbocycles. The summed E-state index contributed by atoms with van der Waals surface area (Å²) in [5.41, 5.74) is -1.15. The Balaban J connectivity index is 1.57. The van der Waals surface area contributed by atoms with Crippen molar-refractivity contribution in [2.45, 2.75) is 31.2 Å². The van der Waals surface area contributed by atoms with Gasteiger partial charge in [-0.2, -0.15) is 17.6 Å². The van der Waals surface area contributed by atoms with Gasteiger partial charge in [-0.3, -0.25) is 4.72 Å². The van der Waals surface area contributed by atoms with Crippen LogP contribution in [0.25, 0.3) is 11.3 Å². The van der Waals surface area contributed by atoms with Crippen LogP contribution in [-0.4, -0.2) is 60.6 Å². The predicted octanol–water partition coefficient (Wildman–Crippen LogP) is 4.55. The summed E-state index contributed by atoms with van der Waals surface area (Å²) >= 11 is 0. The molecule has 1 fully saturated rings. The minimum Gasteiger partial charge on any atom is -0.435 e. The molecule has 216 valence electrons. The molecule has 4 rings (SSSR count). The fraction of sp³-hybridized carbons (Fsp3) is 0.348. The van der Waals surface area contributed by atoms with E-state index in [1.165, 1.54) is 35.3 Å². The molecule has 0 radical (unpaired) electrons. The van der Waals surface area contributed by atoms with Crippen LogP contribution in [0.3, 0.4) is 0 Å². The molecule has 17 heteroatoms. The SMILES string of the molecule is O=S(=O)(CCC(F)(F)F)Nc1c(F)cc(Oc2ncccc2-c2ccnc(N[C@@H]3CNC[C@@H](F)C3)n2)c(F)c1F. The number of piperidine rings is 1. The molecule has 1 aromatic carbocycles. The minimum atomic E-state index is -4.88. The van der Waals surface area contributed by atoms with Gasteiger partial charge in [0.15, 0.2) is 17.4 Å². The lowest BCUT2D eigenvalue weighted by molar-refractivity contribution is -0.129. The summed E-state index contributed by atoms with van der Waals surface area (Å²) in [4.78, 5) is 12.4. The highest BCUT2D eigenvalue weighted by molar-refractivity contribution is 7.92. The summed E-state index contributed by atoms with van der Waals surface area (Å²) in [6.07, 6.45) is -4.84. The molecule has 2 atom stereocenters. The van der Waals surface area contributed by atoms with Crippen LogP contribution < -0.4 is 20.1 Å². The number of hydrogen-bond acceptors (Lipinski definition) is 8. The van der Waals surface area contributed by atoms with E-state index in [4.69, 9.17) is 4.74 Å². The fourth-order valence-corrected chi connectivity index (χ4v) is 4.83. The van der Waals surface area contributed by atoms with Gasteiger partial charge >= 0.3 is 6.18 Å². The number of halogens is 7. The quantitative estimate of drug-likeness (QED) is 0.244. The van der Waals surface area contributed by atoms with Gasteiger partial charge in [0.25, 0.3) is 0 Å². The van der Waals surface area contributed by atoms with Crippen molar-refractivity contribution < 1.29 is 43.9 Å². The largest absolute Gasteiger partial charge is 0.435 e. The average Bonchev–Trinajstić information content (AvgIpc) is 2.89. The monoisotopic (exact) mass is 594 g/mol. The molecule has 0 unspecified atom stereocenters. The molecule has 3 aromatic rings. The maximum absolute atomic E-state index is 14.8. The summed E-state index contributed by atoms with van der Waals surface area (Å²) in [5.74, 6) is -8.28. The number of alkyl halides is 4. The lowest BCUT2D eigenvalue weighted by Crippen LogP contribution is -2.44. The third-order valence-electron chi connectivity index (χ3n) is 5.58. The van der Waals surface area contributed by atoms with E-state index >= 15 is 0 Å². The third-order valence-corrected chi connectivity index (χ3v) is 6.83. The van der Waals surface area contributed by atoms with Gasteiger partial charge in [-0.1, -0.05) is 0 Å². The van der Waals surface area contributed by atoms with E-state index in [1.807, 2.05) is 0 Å². The Hall–Kier alpha value is -3.73. The second kappa shape index (κ2) is 11.8. The van der Waals surface area contributed by atoms with Crippen LogP contribution in [0.2, 0.25) is 0 Å². The number of sulfonamides is 1. The first-order valence-electron chi connectivity index (χ1n) is 11.6. The highest BCUT2D eigenvalue weighted by Gasteiger charge is 2.31. The smallest absolute Gasteiger partial charge is 0.390 e. The zero-order valence-electron chi connectivity index (χ0n) is 20.3. The normalized spacial score (nSPS) is 17.9. The standard InChI is InChI=1S/C23H21F7N6O3S/c24-12-8-13(11-31-10-12)34-22-33-6-3-16(35-22)14-2-1-5-32-21(14)39-17-9-15(25)20(19(27)18(17)26)36-40(37,38)7-4-23(28,29)30/h1-3,5-6,9,12-13,31,36H,4,7-8,10-11H2,(H,33,34,35)/t12-,13-/m0/s1. The maximum Gasteiger partial charge on any atom is 0.390 e. The molecule has 3 heterocycles. The molecule has 2 aromatic heterocycles. The molecule has 1 saturated heterocycles. The van der Waals surface area contributed by atoms with Gasteiger partial charge in [-0.25, -0.2) is 36.5 Å². The number of nitrogens with zero attached hydrogens (tertiary/aromatic N) is 3. The van der Waals surface area contributed by atoms with Crippen LogP contribution in [0.1, 0.15) is 12.8 Å². The molecule has 40 heavy (non-hydrogen) atoms. The number of rotatable bonds is 9. The zero-order chi connectivity index (χ0) is 29.1. The molecule has 0 bridgehead atoms. The third kappa shape index (κ3) is 7.47. The number of aromatic nitrogens is 3. The van der Waals surface area contributed by atoms with Crippen molar-refractivity contribution in [1.82, 2.24) is 20.3 Å². The Kier molecular flexibility index (Phi) is 8.62. The van der Waals surface area contributed by atoms with E-state index < -0.39 is 63.4 Å². The van der Waals surface area contributed by atoms with E-state index in [-0.39, 0.29) is 42.1 Å². The highest BCUT2D eigenvalue weighted by Crippen LogP contribution is 2.36. The molecule has 0 aliphatic carbocycles. The van der Waals surface area contributed by atoms with Crippen LogP contribution in [-0.2, 0) is 10.0 Å². The van der Waals surface area contributed by atoms with Crippen LogP contribution in [0.15, 0.2) is 36.7 Å². The number of nitrogens with one attached hydrogen (secondary N) is 3. The Bertz CT molecular complexity index is 1480. The Morgan fingerprint density at radius 3 is 2.58 bits per heavy atom. The van der Waals surface area contributed by atoms with Gasteiger partial charge in [0.05, 0.1) is 23.4 Å². The summed E-state index contributed by atoms with van der Waals surface area (Å²) < 4.78 is 125. The van der Waals surface area contributed by atoms with Crippen molar-refractivity contribution in [3.63, 3.8) is 0 Å². The van der Waals surface area contributed by atoms with Crippen molar-refractivity contribution in [2.75, 3.05) is 28.9 Å². The van der Waals surface area contributed by atoms with Crippen molar-refractivity contribution in [3.05, 3.63) is 54.1 Å². The number of ether oxygens (including phenoxy) is 1. The van der Waals surface area contributed by atoms with E-state index in [1.54, 1.807) is 0 Å². The Morgan fingerprint density at radius 1 is 1.07 bits per heavy atom. The second-order valence-corrected chi connectivity index (χ2v) is 10.5. The van der Waals surface area contributed by atoms with E-state index in [2.05, 4.69) is 25.6 Å². The lowest BCUT2D eigenvalue weighted by atomic mass is 10.1. The van der Waals surface area contributed by atoms with Crippen molar-refractivity contribution in [3.8, 4) is 22.9 Å². The zero-order valence-corrected chi connectivity index (χ0v) is 21.1. The van der Waals surface area contributed by atoms with Gasteiger partial charge in [0, 0.05) is 44.0 Å². The second-order valence-electron chi connectivity index (χ2n) is 8.70. The molecule has 9 nitrogen and oxygen atoms in total. The van der Waals surface area contributed by atoms with Gasteiger partial charge in [0.1, 0.15) is 11.9 Å². The first kappa shape index (κ1) is 29.3. The topological polar surface area (TPSA) is 118 Å². The van der Waals surface area contributed by atoms with E-state index in [9.17, 15) is 39.2 Å².